The van der Waals surface area contributed by atoms with Crippen molar-refractivity contribution in [1.82, 2.24) is 0 Å². The van der Waals surface area contributed by atoms with E-state index in [0.29, 0.717) is 31.4 Å². The van der Waals surface area contributed by atoms with Gasteiger partial charge in [0.1, 0.15) is 0 Å². The zero-order chi connectivity index (χ0) is 14.2. The van der Waals surface area contributed by atoms with Crippen molar-refractivity contribution in [1.29, 1.82) is 0 Å². The van der Waals surface area contributed by atoms with Crippen molar-refractivity contribution in [2.45, 2.75) is 12.0 Å². The number of hydrogen-bond donors (Lipinski definition) is 0. The van der Waals surface area contributed by atoms with Crippen molar-refractivity contribution in [2.24, 2.45) is 0 Å². The van der Waals surface area contributed by atoms with Crippen LogP contribution in [0.4, 0.5) is 30.5 Å². The van der Waals surface area contributed by atoms with Crippen molar-refractivity contribution < 1.29 is 86.6 Å². The Hall–Kier alpha value is 0.391. The topological polar surface area (TPSA) is 9.23 Å². The second-order valence-corrected chi connectivity index (χ2v) is 3.49. The van der Waals surface area contributed by atoms with E-state index in [1.165, 1.54) is 0 Å². The standard InChI is InChI=1S/C9H7BF7O.K/c1-18-9(13,14)8(11,12)6-2-4-7(5-3-6)10(15,16)17;/h2-5H,1H3;/q-1;+1. The van der Waals surface area contributed by atoms with Gasteiger partial charge in [0, 0.05) is 12.7 Å². The first-order valence-corrected chi connectivity index (χ1v) is 4.63. The summed E-state index contributed by atoms with van der Waals surface area (Å²) >= 11 is 0. The van der Waals surface area contributed by atoms with Crippen LogP contribution in [0, 0.1) is 0 Å². The SMILES string of the molecule is COC(F)(F)C(F)(F)c1ccc([B-](F)(F)F)cc1.[K+]. The molecule has 0 fully saturated rings. The molecule has 0 amide bonds. The van der Waals surface area contributed by atoms with Gasteiger partial charge in [-0.25, -0.2) is 0 Å². The average molecular weight is 314 g/mol. The zero-order valence-corrected chi connectivity index (χ0v) is 13.1. The van der Waals surface area contributed by atoms with Crippen LogP contribution >= 0.6 is 0 Å². The van der Waals surface area contributed by atoms with E-state index in [0.717, 1.165) is 0 Å². The summed E-state index contributed by atoms with van der Waals surface area (Å²) in [7, 11) is 0.376. The molecule has 1 rings (SSSR count). The van der Waals surface area contributed by atoms with Gasteiger partial charge in [-0.1, -0.05) is 24.3 Å². The van der Waals surface area contributed by atoms with Crippen molar-refractivity contribution in [3.8, 4) is 0 Å². The molecule has 0 bridgehead atoms. The Morgan fingerprint density at radius 3 is 1.68 bits per heavy atom. The molecule has 1 aromatic carbocycles. The Morgan fingerprint density at radius 1 is 0.947 bits per heavy atom. The maximum Gasteiger partial charge on any atom is 1.00 e. The van der Waals surface area contributed by atoms with E-state index >= 15 is 0 Å². The molecular weight excluding hydrogens is 307 g/mol. The molecule has 0 atom stereocenters. The van der Waals surface area contributed by atoms with E-state index < -0.39 is 30.0 Å². The van der Waals surface area contributed by atoms with E-state index in [-0.39, 0.29) is 51.4 Å². The smallest absolute Gasteiger partial charge is 0.445 e. The molecule has 0 aliphatic carbocycles. The van der Waals surface area contributed by atoms with Gasteiger partial charge in [0.25, 0.3) is 0 Å². The predicted octanol–water partition coefficient (Wildman–Crippen LogP) is 0.0760. The van der Waals surface area contributed by atoms with Crippen LogP contribution in [0.25, 0.3) is 0 Å². The Labute approximate surface area is 147 Å². The predicted molar refractivity (Wildman–Crippen MR) is 51.0 cm³/mol. The summed E-state index contributed by atoms with van der Waals surface area (Å²) in [6.07, 6.45) is -4.79. The fraction of sp³-hybridized carbons (Fsp3) is 0.333. The van der Waals surface area contributed by atoms with Crippen LogP contribution in [0.15, 0.2) is 24.3 Å². The van der Waals surface area contributed by atoms with Gasteiger partial charge in [-0.05, 0) is 0 Å². The van der Waals surface area contributed by atoms with Crippen LogP contribution in [0.1, 0.15) is 5.56 Å². The van der Waals surface area contributed by atoms with Crippen molar-refractivity contribution in [3.05, 3.63) is 29.8 Å². The molecule has 1 nitrogen and oxygen atoms in total. The van der Waals surface area contributed by atoms with Gasteiger partial charge in [-0.3, -0.25) is 0 Å². The van der Waals surface area contributed by atoms with Gasteiger partial charge in [0.15, 0.2) is 0 Å². The molecule has 0 aromatic heterocycles. The van der Waals surface area contributed by atoms with Gasteiger partial charge in [-0.2, -0.15) is 17.6 Å². The Morgan fingerprint density at radius 2 is 1.37 bits per heavy atom. The number of methoxy groups -OCH3 is 1. The Kier molecular flexibility index (Phi) is 6.57. The number of ether oxygens (including phenoxy) is 1. The fourth-order valence-electron chi connectivity index (χ4n) is 1.21. The summed E-state index contributed by atoms with van der Waals surface area (Å²) in [6, 6.07) is 1.26. The minimum atomic E-state index is -5.36. The Bertz CT molecular complexity index is 418. The van der Waals surface area contributed by atoms with Crippen LogP contribution in [0.2, 0.25) is 0 Å². The van der Waals surface area contributed by atoms with E-state index in [9.17, 15) is 30.5 Å². The number of alkyl halides is 4. The minimum absolute atomic E-state index is 0. The average Bonchev–Trinajstić information content (AvgIpc) is 2.27. The van der Waals surface area contributed by atoms with Gasteiger partial charge < -0.3 is 17.7 Å². The minimum Gasteiger partial charge on any atom is -0.445 e. The number of halogens is 7. The van der Waals surface area contributed by atoms with Crippen LogP contribution < -0.4 is 56.8 Å². The molecule has 0 saturated carbocycles. The van der Waals surface area contributed by atoms with Crippen molar-refractivity contribution in [2.75, 3.05) is 7.11 Å². The van der Waals surface area contributed by atoms with Gasteiger partial charge >= 0.3 is 70.4 Å². The molecule has 10 heteroatoms. The van der Waals surface area contributed by atoms with E-state index in [1.54, 1.807) is 0 Å². The summed E-state index contributed by atoms with van der Waals surface area (Å²) in [4.78, 5) is 0. The quantitative estimate of drug-likeness (QED) is 0.565. The van der Waals surface area contributed by atoms with Crippen LogP contribution in [-0.4, -0.2) is 20.2 Å². The summed E-state index contributed by atoms with van der Waals surface area (Å²) in [5.41, 5.74) is -2.39. The molecule has 0 radical (unpaired) electrons. The first-order chi connectivity index (χ1) is 8.02. The second kappa shape index (κ2) is 6.44. The van der Waals surface area contributed by atoms with Gasteiger partial charge in [0.05, 0.1) is 0 Å². The van der Waals surface area contributed by atoms with Gasteiger partial charge in [0.2, 0.25) is 0 Å². The molecule has 0 saturated heterocycles. The monoisotopic (exact) mass is 314 g/mol. The number of hydrogen-bond acceptors (Lipinski definition) is 1. The third kappa shape index (κ3) is 4.18. The maximum absolute atomic E-state index is 13.2. The molecule has 0 unspecified atom stereocenters. The summed E-state index contributed by atoms with van der Waals surface area (Å²) in [5.74, 6) is -4.71. The van der Waals surface area contributed by atoms with E-state index in [2.05, 4.69) is 4.74 Å². The maximum atomic E-state index is 13.2. The molecule has 0 spiro atoms. The molecular formula is C9H7BF7KO. The molecule has 1 aromatic rings. The Balaban J connectivity index is 0.00000324. The zero-order valence-electron chi connectivity index (χ0n) is 9.94. The normalized spacial score (nSPS) is 13.1. The molecule has 102 valence electrons. The van der Waals surface area contributed by atoms with Crippen LogP contribution in [-0.2, 0) is 10.7 Å². The van der Waals surface area contributed by atoms with E-state index in [4.69, 9.17) is 0 Å². The third-order valence-electron chi connectivity index (χ3n) is 2.27. The fourth-order valence-corrected chi connectivity index (χ4v) is 1.21. The largest absolute Gasteiger partial charge is 1.00 e. The molecule has 0 heterocycles. The molecule has 0 aliphatic heterocycles. The van der Waals surface area contributed by atoms with E-state index in [1.807, 2.05) is 0 Å². The number of rotatable bonds is 4. The summed E-state index contributed by atoms with van der Waals surface area (Å²) < 4.78 is 92.0. The van der Waals surface area contributed by atoms with Gasteiger partial charge in [-0.15, -0.1) is 5.46 Å². The third-order valence-corrected chi connectivity index (χ3v) is 2.27. The molecule has 0 N–H and O–H groups in total. The molecule has 19 heavy (non-hydrogen) atoms. The van der Waals surface area contributed by atoms with Crippen LogP contribution in [0.3, 0.4) is 0 Å². The second-order valence-electron chi connectivity index (χ2n) is 3.49. The van der Waals surface area contributed by atoms with Crippen molar-refractivity contribution in [3.63, 3.8) is 0 Å². The first kappa shape index (κ1) is 19.4. The van der Waals surface area contributed by atoms with Crippen LogP contribution in [0.5, 0.6) is 0 Å². The summed E-state index contributed by atoms with van der Waals surface area (Å²) in [5, 5.41) is 0. The molecule has 0 aliphatic rings. The van der Waals surface area contributed by atoms with Crippen molar-refractivity contribution >= 4 is 12.4 Å². The number of benzene rings is 1. The summed E-state index contributed by atoms with van der Waals surface area (Å²) in [6.45, 7) is -5.36. The first-order valence-electron chi connectivity index (χ1n) is 4.63.